The van der Waals surface area contributed by atoms with Crippen LogP contribution in [0.1, 0.15) is 19.5 Å². The topological polar surface area (TPSA) is 37.4 Å². The highest BCUT2D eigenvalue weighted by Crippen LogP contribution is 2.29. The van der Waals surface area contributed by atoms with Gasteiger partial charge in [-0.25, -0.2) is 4.98 Å². The minimum absolute atomic E-state index is 0.655. The molecule has 4 nitrogen and oxygen atoms in total. The van der Waals surface area contributed by atoms with Crippen LogP contribution in [0.4, 0.5) is 10.8 Å². The van der Waals surface area contributed by atoms with Crippen LogP contribution in [0.2, 0.25) is 0 Å². The van der Waals surface area contributed by atoms with Gasteiger partial charge in [0.1, 0.15) is 5.75 Å². The second-order valence-electron chi connectivity index (χ2n) is 5.41. The van der Waals surface area contributed by atoms with Gasteiger partial charge in [0.25, 0.3) is 0 Å². The highest BCUT2D eigenvalue weighted by molar-refractivity contribution is 7.13. The molecule has 1 aromatic heterocycles. The summed E-state index contributed by atoms with van der Waals surface area (Å²) in [6.45, 7) is 6.24. The SMILES string of the molecule is COc1cccc(N(C)c2nc(CNCC(C)C)cs2)c1. The van der Waals surface area contributed by atoms with Crippen molar-refractivity contribution in [2.45, 2.75) is 20.4 Å². The van der Waals surface area contributed by atoms with Crippen LogP contribution < -0.4 is 15.0 Å². The first-order valence-corrected chi connectivity index (χ1v) is 8.01. The van der Waals surface area contributed by atoms with E-state index in [2.05, 4.69) is 40.5 Å². The zero-order chi connectivity index (χ0) is 15.2. The van der Waals surface area contributed by atoms with E-state index in [9.17, 15) is 0 Å². The van der Waals surface area contributed by atoms with Gasteiger partial charge in [0.05, 0.1) is 12.8 Å². The van der Waals surface area contributed by atoms with Crippen LogP contribution in [0, 0.1) is 5.92 Å². The van der Waals surface area contributed by atoms with Gasteiger partial charge < -0.3 is 15.0 Å². The van der Waals surface area contributed by atoms with Crippen molar-refractivity contribution in [3.05, 3.63) is 35.3 Å². The van der Waals surface area contributed by atoms with E-state index >= 15 is 0 Å². The lowest BCUT2D eigenvalue weighted by molar-refractivity contribution is 0.415. The Hall–Kier alpha value is -1.59. The Kier molecular flexibility index (Phi) is 5.59. The predicted octanol–water partition coefficient (Wildman–Crippen LogP) is 3.67. The number of hydrogen-bond donors (Lipinski definition) is 1. The zero-order valence-electron chi connectivity index (χ0n) is 13.1. The molecule has 1 heterocycles. The molecule has 2 aromatic rings. The van der Waals surface area contributed by atoms with Crippen molar-refractivity contribution in [2.75, 3.05) is 25.6 Å². The molecule has 5 heteroatoms. The Morgan fingerprint density at radius 1 is 1.38 bits per heavy atom. The fraction of sp³-hybridized carbons (Fsp3) is 0.438. The number of anilines is 2. The molecule has 0 bridgehead atoms. The van der Waals surface area contributed by atoms with E-state index in [0.717, 1.165) is 35.4 Å². The van der Waals surface area contributed by atoms with E-state index in [1.54, 1.807) is 18.4 Å². The standard InChI is InChI=1S/C16H23N3OS/c1-12(2)9-17-10-13-11-21-16(18-13)19(3)14-6-5-7-15(8-14)20-4/h5-8,11-12,17H,9-10H2,1-4H3. The minimum Gasteiger partial charge on any atom is -0.497 e. The van der Waals surface area contributed by atoms with Gasteiger partial charge in [0, 0.05) is 30.7 Å². The number of methoxy groups -OCH3 is 1. The Labute approximate surface area is 130 Å². The number of nitrogens with one attached hydrogen (secondary N) is 1. The number of hydrogen-bond acceptors (Lipinski definition) is 5. The third-order valence-corrected chi connectivity index (χ3v) is 4.09. The average Bonchev–Trinajstić information content (AvgIpc) is 2.95. The van der Waals surface area contributed by atoms with Crippen LogP contribution >= 0.6 is 11.3 Å². The highest BCUT2D eigenvalue weighted by Gasteiger charge is 2.09. The largest absolute Gasteiger partial charge is 0.497 e. The molecule has 0 atom stereocenters. The molecular weight excluding hydrogens is 282 g/mol. The summed E-state index contributed by atoms with van der Waals surface area (Å²) in [7, 11) is 3.71. The van der Waals surface area contributed by atoms with Gasteiger partial charge >= 0.3 is 0 Å². The van der Waals surface area contributed by atoms with Crippen molar-refractivity contribution in [1.29, 1.82) is 0 Å². The summed E-state index contributed by atoms with van der Waals surface area (Å²) in [6.07, 6.45) is 0. The lowest BCUT2D eigenvalue weighted by Gasteiger charge is -2.16. The number of aromatic nitrogens is 1. The maximum absolute atomic E-state index is 5.27. The summed E-state index contributed by atoms with van der Waals surface area (Å²) in [4.78, 5) is 6.76. The monoisotopic (exact) mass is 305 g/mol. The first-order valence-electron chi connectivity index (χ1n) is 7.13. The van der Waals surface area contributed by atoms with Crippen molar-refractivity contribution in [1.82, 2.24) is 10.3 Å². The van der Waals surface area contributed by atoms with Crippen molar-refractivity contribution in [3.63, 3.8) is 0 Å². The van der Waals surface area contributed by atoms with Crippen LogP contribution in [0.5, 0.6) is 5.75 Å². The Bertz CT molecular complexity index is 568. The maximum atomic E-state index is 5.27. The predicted molar refractivity (Wildman–Crippen MR) is 89.7 cm³/mol. The second kappa shape index (κ2) is 7.43. The molecule has 21 heavy (non-hydrogen) atoms. The van der Waals surface area contributed by atoms with Gasteiger partial charge in [-0.2, -0.15) is 0 Å². The first kappa shape index (κ1) is 15.8. The quantitative estimate of drug-likeness (QED) is 0.847. The molecule has 0 radical (unpaired) electrons. The molecule has 0 aliphatic rings. The number of benzene rings is 1. The zero-order valence-corrected chi connectivity index (χ0v) is 13.9. The molecule has 1 N–H and O–H groups in total. The van der Waals surface area contributed by atoms with Gasteiger partial charge in [0.2, 0.25) is 0 Å². The molecule has 0 aliphatic carbocycles. The molecule has 0 unspecified atom stereocenters. The van der Waals surface area contributed by atoms with Crippen molar-refractivity contribution < 1.29 is 4.74 Å². The van der Waals surface area contributed by atoms with Crippen LogP contribution in [0.3, 0.4) is 0 Å². The van der Waals surface area contributed by atoms with E-state index in [1.165, 1.54) is 0 Å². The smallest absolute Gasteiger partial charge is 0.189 e. The van der Waals surface area contributed by atoms with Gasteiger partial charge in [-0.1, -0.05) is 19.9 Å². The summed E-state index contributed by atoms with van der Waals surface area (Å²) >= 11 is 1.66. The molecule has 0 amide bonds. The number of thiazole rings is 1. The molecule has 0 saturated carbocycles. The summed E-state index contributed by atoms with van der Waals surface area (Å²) in [5.74, 6) is 1.51. The summed E-state index contributed by atoms with van der Waals surface area (Å²) < 4.78 is 5.27. The van der Waals surface area contributed by atoms with Crippen LogP contribution in [-0.2, 0) is 6.54 Å². The highest BCUT2D eigenvalue weighted by atomic mass is 32.1. The van der Waals surface area contributed by atoms with Crippen LogP contribution in [-0.4, -0.2) is 25.7 Å². The minimum atomic E-state index is 0.655. The van der Waals surface area contributed by atoms with E-state index in [0.29, 0.717) is 5.92 Å². The van der Waals surface area contributed by atoms with Crippen molar-refractivity contribution >= 4 is 22.2 Å². The summed E-state index contributed by atoms with van der Waals surface area (Å²) in [5.41, 5.74) is 2.16. The van der Waals surface area contributed by atoms with Crippen LogP contribution in [0.25, 0.3) is 0 Å². The lowest BCUT2D eigenvalue weighted by Crippen LogP contribution is -2.19. The number of rotatable bonds is 7. The molecule has 0 fully saturated rings. The Morgan fingerprint density at radius 2 is 2.19 bits per heavy atom. The van der Waals surface area contributed by atoms with Gasteiger partial charge in [0.15, 0.2) is 5.13 Å². The van der Waals surface area contributed by atoms with Crippen molar-refractivity contribution in [2.24, 2.45) is 5.92 Å². The fourth-order valence-electron chi connectivity index (χ4n) is 1.95. The molecule has 0 aliphatic heterocycles. The molecule has 1 aromatic carbocycles. The second-order valence-corrected chi connectivity index (χ2v) is 6.24. The normalized spacial score (nSPS) is 10.9. The molecule has 114 valence electrons. The van der Waals surface area contributed by atoms with Crippen molar-refractivity contribution in [3.8, 4) is 5.75 Å². The van der Waals surface area contributed by atoms with E-state index in [4.69, 9.17) is 4.74 Å². The number of ether oxygens (including phenoxy) is 1. The van der Waals surface area contributed by atoms with E-state index in [-0.39, 0.29) is 0 Å². The van der Waals surface area contributed by atoms with Gasteiger partial charge in [-0.05, 0) is 24.6 Å². The Morgan fingerprint density at radius 3 is 2.90 bits per heavy atom. The van der Waals surface area contributed by atoms with E-state index < -0.39 is 0 Å². The Balaban J connectivity index is 2.02. The third-order valence-electron chi connectivity index (χ3n) is 3.13. The van der Waals surface area contributed by atoms with E-state index in [1.807, 2.05) is 25.2 Å². The van der Waals surface area contributed by atoms with Crippen LogP contribution in [0.15, 0.2) is 29.6 Å². The van der Waals surface area contributed by atoms with Gasteiger partial charge in [-0.3, -0.25) is 0 Å². The summed E-state index contributed by atoms with van der Waals surface area (Å²) in [6, 6.07) is 8.00. The number of nitrogens with zero attached hydrogens (tertiary/aromatic N) is 2. The average molecular weight is 305 g/mol. The molecule has 2 rings (SSSR count). The molecule has 0 spiro atoms. The maximum Gasteiger partial charge on any atom is 0.189 e. The third kappa shape index (κ3) is 4.44. The summed E-state index contributed by atoms with van der Waals surface area (Å²) in [5, 5.41) is 6.52. The molecule has 0 saturated heterocycles. The fourth-order valence-corrected chi connectivity index (χ4v) is 2.76. The van der Waals surface area contributed by atoms with Gasteiger partial charge in [-0.15, -0.1) is 11.3 Å². The first-order chi connectivity index (χ1) is 10.1. The lowest BCUT2D eigenvalue weighted by atomic mass is 10.2. The molecular formula is C16H23N3OS.